The van der Waals surface area contributed by atoms with E-state index in [9.17, 15) is 15.0 Å². The molecule has 2 N–H and O–H groups in total. The summed E-state index contributed by atoms with van der Waals surface area (Å²) in [6, 6.07) is 3.42. The van der Waals surface area contributed by atoms with Crippen LogP contribution in [0, 0.1) is 29.1 Å². The quantitative estimate of drug-likeness (QED) is 0.785. The van der Waals surface area contributed by atoms with Gasteiger partial charge < -0.3 is 14.6 Å². The number of rotatable bonds is 1. The van der Waals surface area contributed by atoms with Crippen LogP contribution in [0.1, 0.15) is 76.2 Å². The van der Waals surface area contributed by atoms with Crippen LogP contribution in [0.5, 0.6) is 0 Å². The molecule has 0 amide bonds. The SMILES string of the molecule is C[C@]12CC[C@H]3[C@@H](CCC4CC(O)CC[C@@H]43)[C@@]1(O)CC[C@@H]2c1ccc(=O)oc1. The molecule has 4 fully saturated rings. The Morgan fingerprint density at radius 2 is 1.89 bits per heavy atom. The highest BCUT2D eigenvalue weighted by Crippen LogP contribution is 2.68. The minimum Gasteiger partial charge on any atom is -0.431 e. The van der Waals surface area contributed by atoms with Gasteiger partial charge in [-0.1, -0.05) is 6.92 Å². The topological polar surface area (TPSA) is 70.7 Å². The van der Waals surface area contributed by atoms with E-state index < -0.39 is 5.60 Å². The third-order valence-electron chi connectivity index (χ3n) is 9.24. The van der Waals surface area contributed by atoms with Crippen LogP contribution in [0.15, 0.2) is 27.6 Å². The lowest BCUT2D eigenvalue weighted by Gasteiger charge is -2.60. The second-order valence-corrected chi connectivity index (χ2v) is 10.1. The van der Waals surface area contributed by atoms with Crippen molar-refractivity contribution in [3.8, 4) is 0 Å². The molecule has 0 aliphatic heterocycles. The summed E-state index contributed by atoms with van der Waals surface area (Å²) in [7, 11) is 0. The average Bonchev–Trinajstić information content (AvgIpc) is 2.94. The van der Waals surface area contributed by atoms with E-state index >= 15 is 0 Å². The number of hydrogen-bond acceptors (Lipinski definition) is 4. The minimum atomic E-state index is -0.613. The largest absolute Gasteiger partial charge is 0.431 e. The predicted octanol–water partition coefficient (Wildman–Crippen LogP) is 3.85. The standard InChI is InChI=1S/C23H32O4/c1-22-10-8-18-17-5-4-16(24)12-14(17)2-6-20(18)23(22,26)11-9-19(22)15-3-7-21(25)27-13-15/h3,7,13-14,16-20,24,26H,2,4-6,8-12H2,1H3/t14?,16?,17-,18+,19+,20+,22+,23-/m0/s1. The maximum absolute atomic E-state index is 12.1. The molecule has 5 rings (SSSR count). The Labute approximate surface area is 161 Å². The van der Waals surface area contributed by atoms with Gasteiger partial charge in [-0.3, -0.25) is 0 Å². The molecule has 27 heavy (non-hydrogen) atoms. The van der Waals surface area contributed by atoms with E-state index in [0.29, 0.717) is 23.7 Å². The molecule has 0 spiro atoms. The Bertz CT molecular complexity index is 751. The smallest absolute Gasteiger partial charge is 0.335 e. The molecule has 4 aliphatic carbocycles. The zero-order valence-electron chi connectivity index (χ0n) is 16.3. The van der Waals surface area contributed by atoms with Crippen molar-refractivity contribution < 1.29 is 14.6 Å². The van der Waals surface area contributed by atoms with Gasteiger partial charge in [0.05, 0.1) is 18.0 Å². The monoisotopic (exact) mass is 372 g/mol. The van der Waals surface area contributed by atoms with Crippen molar-refractivity contribution in [1.82, 2.24) is 0 Å². The molecule has 0 saturated heterocycles. The van der Waals surface area contributed by atoms with E-state index in [4.69, 9.17) is 4.42 Å². The normalized spacial score (nSPS) is 49.1. The van der Waals surface area contributed by atoms with E-state index in [1.807, 2.05) is 6.07 Å². The van der Waals surface area contributed by atoms with Gasteiger partial charge in [-0.2, -0.15) is 0 Å². The fourth-order valence-electron chi connectivity index (χ4n) is 7.91. The maximum atomic E-state index is 12.1. The zero-order valence-corrected chi connectivity index (χ0v) is 16.3. The van der Waals surface area contributed by atoms with Crippen molar-refractivity contribution in [2.24, 2.45) is 29.1 Å². The van der Waals surface area contributed by atoms with Crippen molar-refractivity contribution in [3.63, 3.8) is 0 Å². The van der Waals surface area contributed by atoms with Crippen molar-refractivity contribution in [2.45, 2.75) is 82.3 Å². The van der Waals surface area contributed by atoms with Gasteiger partial charge in [0.1, 0.15) is 0 Å². The second kappa shape index (κ2) is 6.18. The van der Waals surface area contributed by atoms with E-state index in [0.717, 1.165) is 56.9 Å². The maximum Gasteiger partial charge on any atom is 0.335 e. The fourth-order valence-corrected chi connectivity index (χ4v) is 7.91. The molecule has 4 aliphatic rings. The summed E-state index contributed by atoms with van der Waals surface area (Å²) in [5.41, 5.74) is 0.00646. The van der Waals surface area contributed by atoms with Gasteiger partial charge in [0, 0.05) is 11.5 Å². The van der Waals surface area contributed by atoms with Crippen LogP contribution in [0.25, 0.3) is 0 Å². The van der Waals surface area contributed by atoms with Gasteiger partial charge in [0.15, 0.2) is 0 Å². The van der Waals surface area contributed by atoms with Gasteiger partial charge in [-0.25, -0.2) is 4.79 Å². The van der Waals surface area contributed by atoms with E-state index in [1.165, 1.54) is 12.5 Å². The molecule has 4 saturated carbocycles. The first-order chi connectivity index (χ1) is 12.9. The van der Waals surface area contributed by atoms with Crippen molar-refractivity contribution in [3.05, 3.63) is 34.4 Å². The lowest BCUT2D eigenvalue weighted by molar-refractivity contribution is -0.183. The molecule has 1 heterocycles. The number of aliphatic hydroxyl groups excluding tert-OH is 1. The van der Waals surface area contributed by atoms with Crippen molar-refractivity contribution >= 4 is 0 Å². The highest BCUT2D eigenvalue weighted by atomic mass is 16.4. The van der Waals surface area contributed by atoms with Gasteiger partial charge in [0.25, 0.3) is 0 Å². The minimum absolute atomic E-state index is 0.108. The first-order valence-electron chi connectivity index (χ1n) is 10.9. The Kier molecular flexibility index (Phi) is 4.11. The van der Waals surface area contributed by atoms with Gasteiger partial charge in [-0.05, 0) is 99.0 Å². The van der Waals surface area contributed by atoms with Gasteiger partial charge >= 0.3 is 5.63 Å². The summed E-state index contributed by atoms with van der Waals surface area (Å²) < 4.78 is 5.15. The van der Waals surface area contributed by atoms with Crippen molar-refractivity contribution in [1.29, 1.82) is 0 Å². The van der Waals surface area contributed by atoms with E-state index in [1.54, 1.807) is 6.26 Å². The lowest BCUT2D eigenvalue weighted by atomic mass is 9.47. The fraction of sp³-hybridized carbons (Fsp3) is 0.783. The summed E-state index contributed by atoms with van der Waals surface area (Å²) in [5, 5.41) is 22.1. The molecule has 4 heteroatoms. The summed E-state index contributed by atoms with van der Waals surface area (Å²) in [6.45, 7) is 2.28. The van der Waals surface area contributed by atoms with Crippen LogP contribution in [0.4, 0.5) is 0 Å². The van der Waals surface area contributed by atoms with E-state index in [-0.39, 0.29) is 23.1 Å². The third-order valence-corrected chi connectivity index (χ3v) is 9.24. The summed E-state index contributed by atoms with van der Waals surface area (Å²) in [6.07, 6.45) is 10.9. The molecular weight excluding hydrogens is 340 g/mol. The molecule has 8 atom stereocenters. The molecule has 1 aromatic heterocycles. The highest BCUT2D eigenvalue weighted by molar-refractivity contribution is 5.26. The molecular formula is C23H32O4. The molecule has 0 radical (unpaired) electrons. The third kappa shape index (κ3) is 2.52. The summed E-state index contributed by atoms with van der Waals surface area (Å²) in [5.74, 6) is 2.60. The molecule has 1 aromatic rings. The van der Waals surface area contributed by atoms with Crippen LogP contribution < -0.4 is 5.63 Å². The van der Waals surface area contributed by atoms with Crippen LogP contribution in [-0.2, 0) is 0 Å². The molecule has 4 nitrogen and oxygen atoms in total. The lowest BCUT2D eigenvalue weighted by Crippen LogP contribution is -2.59. The number of hydrogen-bond donors (Lipinski definition) is 2. The molecule has 0 bridgehead atoms. The van der Waals surface area contributed by atoms with Crippen LogP contribution in [0.2, 0.25) is 0 Å². The second-order valence-electron chi connectivity index (χ2n) is 10.1. The van der Waals surface area contributed by atoms with Gasteiger partial charge in [-0.15, -0.1) is 0 Å². The Morgan fingerprint density at radius 1 is 1.04 bits per heavy atom. The van der Waals surface area contributed by atoms with Gasteiger partial charge in [0.2, 0.25) is 0 Å². The Hall–Kier alpha value is -1.13. The molecule has 2 unspecified atom stereocenters. The van der Waals surface area contributed by atoms with Crippen LogP contribution >= 0.6 is 0 Å². The first-order valence-corrected chi connectivity index (χ1v) is 10.9. The highest BCUT2D eigenvalue weighted by Gasteiger charge is 2.65. The van der Waals surface area contributed by atoms with Crippen LogP contribution in [-0.4, -0.2) is 21.9 Å². The Balaban J connectivity index is 1.45. The number of fused-ring (bicyclic) bond motifs is 5. The summed E-state index contributed by atoms with van der Waals surface area (Å²) in [4.78, 5) is 11.4. The Morgan fingerprint density at radius 3 is 2.67 bits per heavy atom. The van der Waals surface area contributed by atoms with Crippen LogP contribution in [0.3, 0.4) is 0 Å². The molecule has 0 aromatic carbocycles. The van der Waals surface area contributed by atoms with E-state index in [2.05, 4.69) is 6.92 Å². The molecule has 148 valence electrons. The van der Waals surface area contributed by atoms with Crippen molar-refractivity contribution in [2.75, 3.05) is 0 Å². The zero-order chi connectivity index (χ0) is 18.8. The first kappa shape index (κ1) is 17.9. The number of aliphatic hydroxyl groups is 2. The average molecular weight is 373 g/mol. The predicted molar refractivity (Wildman–Crippen MR) is 102 cm³/mol. The summed E-state index contributed by atoms with van der Waals surface area (Å²) >= 11 is 0.